The number of nitrogens with zero attached hydrogens (tertiary/aromatic N) is 1. The van der Waals surface area contributed by atoms with Crippen molar-refractivity contribution >= 4 is 5.78 Å². The highest BCUT2D eigenvalue weighted by atomic mass is 16.5. The van der Waals surface area contributed by atoms with Crippen LogP contribution in [0.4, 0.5) is 0 Å². The summed E-state index contributed by atoms with van der Waals surface area (Å²) in [4.78, 5) is 14.4. The normalized spacial score (nSPS) is 23.9. The summed E-state index contributed by atoms with van der Waals surface area (Å²) in [7, 11) is 0. The molecule has 96 valence electrons. The van der Waals surface area contributed by atoms with Crippen molar-refractivity contribution in [2.45, 2.75) is 19.4 Å². The number of carbonyl (C=O) groups is 1. The zero-order chi connectivity index (χ0) is 12.4. The van der Waals surface area contributed by atoms with E-state index in [0.717, 1.165) is 32.5 Å². The van der Waals surface area contributed by atoms with Crippen molar-refractivity contribution in [1.29, 1.82) is 0 Å². The number of rotatable bonds is 3. The van der Waals surface area contributed by atoms with E-state index in [9.17, 15) is 4.79 Å². The minimum Gasteiger partial charge on any atom is -0.381 e. The molecule has 2 heterocycles. The minimum atomic E-state index is 0.141. The van der Waals surface area contributed by atoms with Crippen LogP contribution in [0.25, 0.3) is 0 Å². The van der Waals surface area contributed by atoms with Crippen LogP contribution in [0, 0.1) is 5.92 Å². The van der Waals surface area contributed by atoms with Crippen LogP contribution in [0.3, 0.4) is 0 Å². The molecule has 0 bridgehead atoms. The Morgan fingerprint density at radius 2 is 2.17 bits per heavy atom. The third kappa shape index (κ3) is 2.47. The van der Waals surface area contributed by atoms with Crippen molar-refractivity contribution in [2.24, 2.45) is 5.92 Å². The third-order valence-corrected chi connectivity index (χ3v) is 3.97. The number of hydrogen-bond donors (Lipinski definition) is 0. The average Bonchev–Trinajstić information content (AvgIpc) is 2.92. The quantitative estimate of drug-likeness (QED) is 0.811. The van der Waals surface area contributed by atoms with Gasteiger partial charge in [0.15, 0.2) is 5.78 Å². The molecule has 1 fully saturated rings. The lowest BCUT2D eigenvalue weighted by Crippen LogP contribution is -2.37. The molecule has 3 heteroatoms. The summed E-state index contributed by atoms with van der Waals surface area (Å²) in [5.74, 6) is 0.494. The molecular weight excluding hydrogens is 226 g/mol. The van der Waals surface area contributed by atoms with E-state index >= 15 is 0 Å². The van der Waals surface area contributed by atoms with Gasteiger partial charge in [0.25, 0.3) is 0 Å². The molecule has 1 saturated heterocycles. The molecule has 3 nitrogen and oxygen atoms in total. The van der Waals surface area contributed by atoms with Crippen LogP contribution in [0.1, 0.15) is 17.5 Å². The Morgan fingerprint density at radius 3 is 2.94 bits per heavy atom. The van der Waals surface area contributed by atoms with Crippen molar-refractivity contribution in [2.75, 3.05) is 26.3 Å². The van der Waals surface area contributed by atoms with Gasteiger partial charge in [0.05, 0.1) is 13.2 Å². The first kappa shape index (κ1) is 11.9. The van der Waals surface area contributed by atoms with Crippen LogP contribution in [0.2, 0.25) is 0 Å². The maximum absolute atomic E-state index is 12.1. The SMILES string of the molecule is O=C(CN1CCc2ccccc2C1)C1CCOC1. The van der Waals surface area contributed by atoms with Gasteiger partial charge in [0, 0.05) is 25.6 Å². The Labute approximate surface area is 108 Å². The fourth-order valence-electron chi connectivity index (χ4n) is 2.83. The van der Waals surface area contributed by atoms with Crippen LogP contribution in [0.15, 0.2) is 24.3 Å². The molecule has 0 N–H and O–H groups in total. The highest BCUT2D eigenvalue weighted by Gasteiger charge is 2.26. The predicted octanol–water partition coefficient (Wildman–Crippen LogP) is 1.65. The van der Waals surface area contributed by atoms with Crippen molar-refractivity contribution in [3.63, 3.8) is 0 Å². The minimum absolute atomic E-state index is 0.141. The summed E-state index contributed by atoms with van der Waals surface area (Å²) in [5.41, 5.74) is 2.81. The molecule has 0 aliphatic carbocycles. The van der Waals surface area contributed by atoms with Gasteiger partial charge >= 0.3 is 0 Å². The molecule has 3 rings (SSSR count). The van der Waals surface area contributed by atoms with E-state index in [2.05, 4.69) is 29.2 Å². The lowest BCUT2D eigenvalue weighted by Gasteiger charge is -2.28. The van der Waals surface area contributed by atoms with Crippen molar-refractivity contribution in [1.82, 2.24) is 4.90 Å². The molecule has 0 spiro atoms. The van der Waals surface area contributed by atoms with Crippen molar-refractivity contribution in [3.05, 3.63) is 35.4 Å². The van der Waals surface area contributed by atoms with E-state index in [4.69, 9.17) is 4.74 Å². The molecule has 1 atom stereocenters. The smallest absolute Gasteiger partial charge is 0.152 e. The summed E-state index contributed by atoms with van der Waals surface area (Å²) in [6.07, 6.45) is 1.97. The van der Waals surface area contributed by atoms with Gasteiger partial charge in [-0.1, -0.05) is 24.3 Å². The number of hydrogen-bond acceptors (Lipinski definition) is 3. The van der Waals surface area contributed by atoms with Gasteiger partial charge in [0.2, 0.25) is 0 Å². The fraction of sp³-hybridized carbons (Fsp3) is 0.533. The second kappa shape index (κ2) is 5.21. The Bertz CT molecular complexity index is 438. The van der Waals surface area contributed by atoms with E-state index < -0.39 is 0 Å². The van der Waals surface area contributed by atoms with Gasteiger partial charge in [0.1, 0.15) is 0 Å². The first-order valence-corrected chi connectivity index (χ1v) is 6.72. The van der Waals surface area contributed by atoms with Crippen LogP contribution >= 0.6 is 0 Å². The summed E-state index contributed by atoms with van der Waals surface area (Å²) in [5, 5.41) is 0. The van der Waals surface area contributed by atoms with Gasteiger partial charge in [-0.2, -0.15) is 0 Å². The second-order valence-electron chi connectivity index (χ2n) is 5.26. The third-order valence-electron chi connectivity index (χ3n) is 3.97. The lowest BCUT2D eigenvalue weighted by molar-refractivity contribution is -0.124. The van der Waals surface area contributed by atoms with Gasteiger partial charge in [-0.3, -0.25) is 9.69 Å². The molecule has 1 aromatic carbocycles. The van der Waals surface area contributed by atoms with Gasteiger partial charge in [-0.25, -0.2) is 0 Å². The van der Waals surface area contributed by atoms with E-state index in [-0.39, 0.29) is 5.92 Å². The number of Topliss-reactive ketones (excluding diaryl/α,β-unsaturated/α-hetero) is 1. The molecule has 0 saturated carbocycles. The lowest BCUT2D eigenvalue weighted by atomic mass is 9.98. The standard InChI is InChI=1S/C15H19NO2/c17-15(14-6-8-18-11-14)10-16-7-5-12-3-1-2-4-13(12)9-16/h1-4,14H,5-11H2. The molecule has 18 heavy (non-hydrogen) atoms. The monoisotopic (exact) mass is 245 g/mol. The molecule has 2 aliphatic heterocycles. The molecular formula is C15H19NO2. The summed E-state index contributed by atoms with van der Waals surface area (Å²) in [6, 6.07) is 8.54. The highest BCUT2D eigenvalue weighted by Crippen LogP contribution is 2.20. The van der Waals surface area contributed by atoms with E-state index in [1.54, 1.807) is 0 Å². The largest absolute Gasteiger partial charge is 0.381 e. The number of ketones is 1. The van der Waals surface area contributed by atoms with Crippen LogP contribution in [-0.4, -0.2) is 37.0 Å². The number of carbonyl (C=O) groups excluding carboxylic acids is 1. The summed E-state index contributed by atoms with van der Waals surface area (Å²) in [6.45, 7) is 3.87. The number of benzene rings is 1. The number of fused-ring (bicyclic) bond motifs is 1. The topological polar surface area (TPSA) is 29.5 Å². The zero-order valence-corrected chi connectivity index (χ0v) is 10.6. The van der Waals surface area contributed by atoms with Gasteiger partial charge in [-0.15, -0.1) is 0 Å². The molecule has 0 radical (unpaired) electrons. The van der Waals surface area contributed by atoms with Crippen LogP contribution in [-0.2, 0) is 22.5 Å². The van der Waals surface area contributed by atoms with Crippen molar-refractivity contribution in [3.8, 4) is 0 Å². The van der Waals surface area contributed by atoms with E-state index in [1.807, 2.05) is 0 Å². The predicted molar refractivity (Wildman–Crippen MR) is 69.4 cm³/mol. The van der Waals surface area contributed by atoms with Crippen LogP contribution < -0.4 is 0 Å². The molecule has 1 unspecified atom stereocenters. The molecule has 0 amide bonds. The second-order valence-corrected chi connectivity index (χ2v) is 5.26. The first-order chi connectivity index (χ1) is 8.83. The summed E-state index contributed by atoms with van der Waals surface area (Å²) < 4.78 is 5.28. The Kier molecular flexibility index (Phi) is 3.43. The molecule has 1 aromatic rings. The van der Waals surface area contributed by atoms with E-state index in [1.165, 1.54) is 11.1 Å². The maximum atomic E-state index is 12.1. The summed E-state index contributed by atoms with van der Waals surface area (Å²) >= 11 is 0. The van der Waals surface area contributed by atoms with E-state index in [0.29, 0.717) is 18.9 Å². The fourth-order valence-corrected chi connectivity index (χ4v) is 2.83. The zero-order valence-electron chi connectivity index (χ0n) is 10.6. The Morgan fingerprint density at radius 1 is 1.33 bits per heavy atom. The first-order valence-electron chi connectivity index (χ1n) is 6.72. The Hall–Kier alpha value is -1.19. The molecule has 0 aromatic heterocycles. The highest BCUT2D eigenvalue weighted by molar-refractivity contribution is 5.83. The van der Waals surface area contributed by atoms with Crippen LogP contribution in [0.5, 0.6) is 0 Å². The van der Waals surface area contributed by atoms with Crippen molar-refractivity contribution < 1.29 is 9.53 Å². The average molecular weight is 245 g/mol. The van der Waals surface area contributed by atoms with Gasteiger partial charge in [-0.05, 0) is 24.0 Å². The Balaban J connectivity index is 1.60. The molecule has 2 aliphatic rings. The van der Waals surface area contributed by atoms with Gasteiger partial charge < -0.3 is 4.74 Å². The maximum Gasteiger partial charge on any atom is 0.152 e. The number of ether oxygens (including phenoxy) is 1.